The van der Waals surface area contributed by atoms with Crippen molar-refractivity contribution in [3.63, 3.8) is 0 Å². The Kier molecular flexibility index (Phi) is 3.87. The van der Waals surface area contributed by atoms with Crippen LogP contribution in [0.25, 0.3) is 0 Å². The van der Waals surface area contributed by atoms with Crippen LogP contribution in [0, 0.1) is 27.8 Å². The van der Waals surface area contributed by atoms with E-state index in [2.05, 4.69) is 0 Å². The van der Waals surface area contributed by atoms with Crippen molar-refractivity contribution in [3.8, 4) is 0 Å². The normalized spacial score (nSPS) is 21.9. The van der Waals surface area contributed by atoms with Crippen LogP contribution >= 0.6 is 0 Å². The molecule has 1 aliphatic rings. The van der Waals surface area contributed by atoms with Crippen LogP contribution in [-0.4, -0.2) is 31.1 Å². The first kappa shape index (κ1) is 14.2. The Hall–Kier alpha value is -2.18. The van der Waals surface area contributed by atoms with Crippen LogP contribution in [0.5, 0.6) is 0 Å². The molecule has 0 aliphatic carbocycles. The number of halogens is 1. The first-order valence-electron chi connectivity index (χ1n) is 6.20. The molecule has 0 amide bonds. The average Bonchev–Trinajstić information content (AvgIpc) is 2.79. The number of anilines is 1. The Morgan fingerprint density at radius 3 is 2.75 bits per heavy atom. The second-order valence-electron chi connectivity index (χ2n) is 4.90. The molecule has 2 unspecified atom stereocenters. The fraction of sp³-hybridized carbons (Fsp3) is 0.462. The van der Waals surface area contributed by atoms with Crippen LogP contribution in [0.15, 0.2) is 18.2 Å². The first-order chi connectivity index (χ1) is 9.43. The summed E-state index contributed by atoms with van der Waals surface area (Å²) in [5.74, 6) is -1.24. The van der Waals surface area contributed by atoms with Gasteiger partial charge in [-0.05, 0) is 12.0 Å². The van der Waals surface area contributed by atoms with Gasteiger partial charge in [0.25, 0.3) is 5.69 Å². The van der Waals surface area contributed by atoms with Crippen molar-refractivity contribution in [1.29, 1.82) is 0 Å². The minimum absolute atomic E-state index is 0.0389. The number of non-ortho nitro benzene ring substituents is 1. The largest absolute Gasteiger partial charge is 0.469 e. The van der Waals surface area contributed by atoms with Crippen molar-refractivity contribution in [1.82, 2.24) is 0 Å². The van der Waals surface area contributed by atoms with E-state index < -0.39 is 10.7 Å². The van der Waals surface area contributed by atoms with Gasteiger partial charge in [-0.3, -0.25) is 14.9 Å². The molecule has 0 radical (unpaired) electrons. The number of ether oxygens (including phenoxy) is 1. The minimum atomic E-state index is -0.656. The van der Waals surface area contributed by atoms with Gasteiger partial charge in [0, 0.05) is 19.2 Å². The Bertz CT molecular complexity index is 549. The topological polar surface area (TPSA) is 72.7 Å². The molecule has 1 aliphatic heterocycles. The summed E-state index contributed by atoms with van der Waals surface area (Å²) in [7, 11) is 1.32. The number of carbonyl (C=O) groups excluding carboxylic acids is 1. The third-order valence-corrected chi connectivity index (χ3v) is 3.60. The quantitative estimate of drug-likeness (QED) is 0.481. The van der Waals surface area contributed by atoms with Gasteiger partial charge in [0.05, 0.1) is 29.7 Å². The molecule has 1 heterocycles. The van der Waals surface area contributed by atoms with Crippen LogP contribution in [0.2, 0.25) is 0 Å². The molecule has 0 N–H and O–H groups in total. The van der Waals surface area contributed by atoms with Crippen LogP contribution in [-0.2, 0) is 9.53 Å². The highest BCUT2D eigenvalue weighted by molar-refractivity contribution is 5.74. The summed E-state index contributed by atoms with van der Waals surface area (Å²) in [6.45, 7) is 2.75. The van der Waals surface area contributed by atoms with E-state index >= 15 is 0 Å². The molecule has 1 aromatic rings. The fourth-order valence-electron chi connectivity index (χ4n) is 2.49. The summed E-state index contributed by atoms with van der Waals surface area (Å²) >= 11 is 0. The number of carbonyl (C=O) groups is 1. The van der Waals surface area contributed by atoms with Gasteiger partial charge in [-0.2, -0.15) is 0 Å². The molecule has 1 saturated heterocycles. The van der Waals surface area contributed by atoms with Crippen LogP contribution in [0.4, 0.5) is 15.8 Å². The summed E-state index contributed by atoms with van der Waals surface area (Å²) in [5, 5.41) is 10.6. The molecule has 7 heteroatoms. The third-order valence-electron chi connectivity index (χ3n) is 3.60. The molecule has 1 fully saturated rings. The fourth-order valence-corrected chi connectivity index (χ4v) is 2.49. The number of methoxy groups -OCH3 is 1. The molecule has 2 rings (SSSR count). The SMILES string of the molecule is COC(=O)C1CN(c2ccc([N+](=O)[O-])cc2F)CC1C. The average molecular weight is 282 g/mol. The van der Waals surface area contributed by atoms with E-state index in [1.807, 2.05) is 6.92 Å². The smallest absolute Gasteiger partial charge is 0.310 e. The number of benzene rings is 1. The van der Waals surface area contributed by atoms with E-state index in [9.17, 15) is 19.3 Å². The van der Waals surface area contributed by atoms with E-state index in [1.54, 1.807) is 4.90 Å². The van der Waals surface area contributed by atoms with Gasteiger partial charge < -0.3 is 9.64 Å². The predicted octanol–water partition coefficient (Wildman–Crippen LogP) is 1.98. The number of esters is 1. The lowest BCUT2D eigenvalue weighted by Crippen LogP contribution is -2.24. The highest BCUT2D eigenvalue weighted by atomic mass is 19.1. The standard InChI is InChI=1S/C13H15FN2O4/c1-8-6-15(7-10(8)13(17)20-2)12-4-3-9(16(18)19)5-11(12)14/h3-5,8,10H,6-7H2,1-2H3. The van der Waals surface area contributed by atoms with Crippen LogP contribution in [0.1, 0.15) is 6.92 Å². The zero-order valence-corrected chi connectivity index (χ0v) is 11.2. The van der Waals surface area contributed by atoms with E-state index in [1.165, 1.54) is 19.2 Å². The molecule has 0 saturated carbocycles. The summed E-state index contributed by atoms with van der Waals surface area (Å²) in [4.78, 5) is 23.3. The molecular weight excluding hydrogens is 267 g/mol. The van der Waals surface area contributed by atoms with Crippen LogP contribution in [0.3, 0.4) is 0 Å². The molecule has 0 aromatic heterocycles. The first-order valence-corrected chi connectivity index (χ1v) is 6.20. The van der Waals surface area contributed by atoms with Crippen molar-refractivity contribution < 1.29 is 18.8 Å². The monoisotopic (exact) mass is 282 g/mol. The van der Waals surface area contributed by atoms with Crippen molar-refractivity contribution >= 4 is 17.3 Å². The zero-order valence-electron chi connectivity index (χ0n) is 11.2. The molecule has 0 spiro atoms. The summed E-state index contributed by atoms with van der Waals surface area (Å²) in [6.07, 6.45) is 0. The second kappa shape index (κ2) is 5.44. The Labute approximate surface area is 115 Å². The van der Waals surface area contributed by atoms with Gasteiger partial charge in [0.15, 0.2) is 5.82 Å². The maximum Gasteiger partial charge on any atom is 0.310 e. The Morgan fingerprint density at radius 2 is 2.20 bits per heavy atom. The van der Waals surface area contributed by atoms with Gasteiger partial charge in [-0.25, -0.2) is 4.39 Å². The van der Waals surface area contributed by atoms with Gasteiger partial charge in [0.1, 0.15) is 0 Å². The number of nitro benzene ring substituents is 1. The second-order valence-corrected chi connectivity index (χ2v) is 4.90. The van der Waals surface area contributed by atoms with Gasteiger partial charge >= 0.3 is 5.97 Å². The van der Waals surface area contributed by atoms with Gasteiger partial charge in [-0.15, -0.1) is 0 Å². The molecule has 2 atom stereocenters. The molecule has 20 heavy (non-hydrogen) atoms. The molecular formula is C13H15FN2O4. The summed E-state index contributed by atoms with van der Waals surface area (Å²) in [5.41, 5.74) is -0.0168. The van der Waals surface area contributed by atoms with Crippen molar-refractivity contribution in [2.45, 2.75) is 6.92 Å². The van der Waals surface area contributed by atoms with Crippen molar-refractivity contribution in [2.24, 2.45) is 11.8 Å². The molecule has 1 aromatic carbocycles. The van der Waals surface area contributed by atoms with Gasteiger partial charge in [0.2, 0.25) is 0 Å². The number of rotatable bonds is 3. The predicted molar refractivity (Wildman–Crippen MR) is 69.9 cm³/mol. The minimum Gasteiger partial charge on any atom is -0.469 e. The third kappa shape index (κ3) is 2.56. The molecule has 0 bridgehead atoms. The van der Waals surface area contributed by atoms with E-state index in [0.717, 1.165) is 6.07 Å². The molecule has 6 nitrogen and oxygen atoms in total. The number of hydrogen-bond acceptors (Lipinski definition) is 5. The highest BCUT2D eigenvalue weighted by Gasteiger charge is 2.36. The van der Waals surface area contributed by atoms with Crippen LogP contribution < -0.4 is 4.90 Å². The van der Waals surface area contributed by atoms with E-state index in [4.69, 9.17) is 4.74 Å². The summed E-state index contributed by atoms with van der Waals surface area (Å²) < 4.78 is 18.7. The van der Waals surface area contributed by atoms with E-state index in [-0.39, 0.29) is 29.2 Å². The molecule has 108 valence electrons. The van der Waals surface area contributed by atoms with Crippen molar-refractivity contribution in [2.75, 3.05) is 25.1 Å². The van der Waals surface area contributed by atoms with E-state index in [0.29, 0.717) is 13.1 Å². The summed E-state index contributed by atoms with van der Waals surface area (Å²) in [6, 6.07) is 3.53. The number of nitro groups is 1. The Balaban J connectivity index is 2.21. The number of nitrogens with zero attached hydrogens (tertiary/aromatic N) is 2. The lowest BCUT2D eigenvalue weighted by molar-refractivity contribution is -0.385. The number of hydrogen-bond donors (Lipinski definition) is 0. The maximum absolute atomic E-state index is 13.9. The lowest BCUT2D eigenvalue weighted by Gasteiger charge is -2.18. The Morgan fingerprint density at radius 1 is 1.50 bits per heavy atom. The van der Waals surface area contributed by atoms with Gasteiger partial charge in [-0.1, -0.05) is 6.92 Å². The maximum atomic E-state index is 13.9. The zero-order chi connectivity index (χ0) is 14.9. The lowest BCUT2D eigenvalue weighted by atomic mass is 9.99. The highest BCUT2D eigenvalue weighted by Crippen LogP contribution is 2.31. The van der Waals surface area contributed by atoms with Crippen molar-refractivity contribution in [3.05, 3.63) is 34.1 Å².